The SMILES string of the molecule is Cc1ccc(Cl)cc1Nc1nn2c(=O)c3ccc(C(=O)NC[C@H]4CCCO4)cc3nc2s1. The zero-order chi connectivity index (χ0) is 22.2. The van der Waals surface area contributed by atoms with Gasteiger partial charge in [-0.15, -0.1) is 5.10 Å². The van der Waals surface area contributed by atoms with Gasteiger partial charge in [0.25, 0.3) is 11.5 Å². The summed E-state index contributed by atoms with van der Waals surface area (Å²) in [7, 11) is 0. The Balaban J connectivity index is 1.44. The number of halogens is 1. The van der Waals surface area contributed by atoms with Gasteiger partial charge in [0.1, 0.15) is 0 Å². The van der Waals surface area contributed by atoms with E-state index < -0.39 is 0 Å². The number of fused-ring (bicyclic) bond motifs is 2. The summed E-state index contributed by atoms with van der Waals surface area (Å²) in [5, 5.41) is 12.0. The third-order valence-corrected chi connectivity index (χ3v) is 6.47. The van der Waals surface area contributed by atoms with Crippen LogP contribution >= 0.6 is 22.9 Å². The van der Waals surface area contributed by atoms with Gasteiger partial charge in [-0.25, -0.2) is 4.98 Å². The minimum absolute atomic E-state index is 0.0630. The third-order valence-electron chi connectivity index (χ3n) is 5.41. The zero-order valence-electron chi connectivity index (χ0n) is 17.2. The van der Waals surface area contributed by atoms with Crippen molar-refractivity contribution in [2.24, 2.45) is 0 Å². The zero-order valence-corrected chi connectivity index (χ0v) is 18.8. The quantitative estimate of drug-likeness (QED) is 0.459. The molecular formula is C22H20ClN5O3S. The van der Waals surface area contributed by atoms with Crippen molar-refractivity contribution in [3.63, 3.8) is 0 Å². The number of benzene rings is 2. The molecule has 8 nitrogen and oxygen atoms in total. The summed E-state index contributed by atoms with van der Waals surface area (Å²) in [6.07, 6.45) is 2.03. The molecule has 0 aliphatic carbocycles. The first-order chi connectivity index (χ1) is 15.5. The molecule has 3 heterocycles. The standard InChI is InChI=1S/C22H20ClN5O3S/c1-12-4-6-14(23)10-17(12)25-21-27-28-20(30)16-7-5-13(9-18(16)26-22(28)32-21)19(29)24-11-15-3-2-8-31-15/h4-7,9-10,15H,2-3,8,11H2,1H3,(H,24,29)(H,25,27)/t15-/m1/s1. The van der Waals surface area contributed by atoms with Crippen LogP contribution in [-0.4, -0.2) is 39.8 Å². The molecule has 0 radical (unpaired) electrons. The lowest BCUT2D eigenvalue weighted by atomic mass is 10.1. The lowest BCUT2D eigenvalue weighted by Gasteiger charge is -2.11. The number of hydrogen-bond donors (Lipinski definition) is 2. The van der Waals surface area contributed by atoms with E-state index in [4.69, 9.17) is 16.3 Å². The maximum absolute atomic E-state index is 13.0. The van der Waals surface area contributed by atoms with Crippen LogP contribution in [0.25, 0.3) is 15.9 Å². The molecule has 0 spiro atoms. The highest BCUT2D eigenvalue weighted by molar-refractivity contribution is 7.20. The van der Waals surface area contributed by atoms with Crippen molar-refractivity contribution in [1.29, 1.82) is 0 Å². The van der Waals surface area contributed by atoms with Crippen LogP contribution in [0.3, 0.4) is 0 Å². The fourth-order valence-corrected chi connectivity index (χ4v) is 4.64. The predicted octanol–water partition coefficient (Wildman–Crippen LogP) is 3.92. The summed E-state index contributed by atoms with van der Waals surface area (Å²) in [5.41, 5.74) is 2.42. The van der Waals surface area contributed by atoms with Crippen LogP contribution in [0.15, 0.2) is 41.2 Å². The molecule has 1 fully saturated rings. The number of aryl methyl sites for hydroxylation is 1. The Kier molecular flexibility index (Phi) is 5.54. The molecular weight excluding hydrogens is 450 g/mol. The number of anilines is 2. The Morgan fingerprint density at radius 3 is 3.00 bits per heavy atom. The summed E-state index contributed by atoms with van der Waals surface area (Å²) in [5.74, 6) is -0.215. The molecule has 2 aromatic carbocycles. The third kappa shape index (κ3) is 4.06. The normalized spacial score (nSPS) is 16.0. The molecule has 1 aliphatic heterocycles. The summed E-state index contributed by atoms with van der Waals surface area (Å²) in [4.78, 5) is 30.5. The highest BCUT2D eigenvalue weighted by atomic mass is 35.5. The predicted molar refractivity (Wildman–Crippen MR) is 125 cm³/mol. The minimum atomic E-state index is -0.288. The van der Waals surface area contributed by atoms with Crippen LogP contribution in [0.2, 0.25) is 5.02 Å². The second kappa shape index (κ2) is 8.50. The molecule has 5 rings (SSSR count). The maximum atomic E-state index is 13.0. The monoisotopic (exact) mass is 469 g/mol. The van der Waals surface area contributed by atoms with Crippen molar-refractivity contribution in [3.05, 3.63) is 62.9 Å². The summed E-state index contributed by atoms with van der Waals surface area (Å²) in [6, 6.07) is 10.4. The van der Waals surface area contributed by atoms with E-state index in [0.29, 0.717) is 38.1 Å². The highest BCUT2D eigenvalue weighted by Gasteiger charge is 2.18. The van der Waals surface area contributed by atoms with Gasteiger partial charge >= 0.3 is 0 Å². The Hall–Kier alpha value is -3.01. The number of nitrogens with one attached hydrogen (secondary N) is 2. The van der Waals surface area contributed by atoms with Crippen LogP contribution in [0.4, 0.5) is 10.8 Å². The van der Waals surface area contributed by atoms with Gasteiger partial charge in [-0.1, -0.05) is 29.0 Å². The van der Waals surface area contributed by atoms with Crippen molar-refractivity contribution in [2.75, 3.05) is 18.5 Å². The van der Waals surface area contributed by atoms with E-state index >= 15 is 0 Å². The number of rotatable bonds is 5. The van der Waals surface area contributed by atoms with Gasteiger partial charge in [-0.3, -0.25) is 9.59 Å². The molecule has 1 amide bonds. The summed E-state index contributed by atoms with van der Waals surface area (Å²) in [6.45, 7) is 3.16. The van der Waals surface area contributed by atoms with E-state index in [-0.39, 0.29) is 17.6 Å². The molecule has 1 aliphatic rings. The molecule has 2 aromatic heterocycles. The number of carbonyl (C=O) groups is 1. The summed E-state index contributed by atoms with van der Waals surface area (Å²) >= 11 is 7.34. The smallest absolute Gasteiger partial charge is 0.283 e. The van der Waals surface area contributed by atoms with Gasteiger partial charge in [-0.2, -0.15) is 4.52 Å². The first kappa shape index (κ1) is 20.9. The summed E-state index contributed by atoms with van der Waals surface area (Å²) < 4.78 is 6.81. The molecule has 4 aromatic rings. The fraction of sp³-hybridized carbons (Fsp3) is 0.273. The molecule has 0 saturated carbocycles. The van der Waals surface area contributed by atoms with E-state index in [9.17, 15) is 9.59 Å². The van der Waals surface area contributed by atoms with Crippen molar-refractivity contribution in [3.8, 4) is 0 Å². The molecule has 1 atom stereocenters. The van der Waals surface area contributed by atoms with Gasteiger partial charge in [0.2, 0.25) is 10.1 Å². The van der Waals surface area contributed by atoms with Crippen LogP contribution in [0, 0.1) is 6.92 Å². The van der Waals surface area contributed by atoms with Gasteiger partial charge in [-0.05, 0) is 55.7 Å². The Morgan fingerprint density at radius 1 is 1.31 bits per heavy atom. The first-order valence-corrected chi connectivity index (χ1v) is 11.4. The lowest BCUT2D eigenvalue weighted by molar-refractivity contribution is 0.0858. The highest BCUT2D eigenvalue weighted by Crippen LogP contribution is 2.27. The number of amides is 1. The molecule has 10 heteroatoms. The molecule has 1 saturated heterocycles. The average Bonchev–Trinajstić information content (AvgIpc) is 3.44. The fourth-order valence-electron chi connectivity index (χ4n) is 3.66. The number of ether oxygens (including phenoxy) is 1. The lowest BCUT2D eigenvalue weighted by Crippen LogP contribution is -2.31. The minimum Gasteiger partial charge on any atom is -0.376 e. The Labute approximate surface area is 192 Å². The van der Waals surface area contributed by atoms with Gasteiger partial charge < -0.3 is 15.4 Å². The molecule has 2 N–H and O–H groups in total. The van der Waals surface area contributed by atoms with E-state index in [1.54, 1.807) is 24.3 Å². The van der Waals surface area contributed by atoms with Crippen molar-refractivity contribution in [2.45, 2.75) is 25.9 Å². The number of nitrogens with zero attached hydrogens (tertiary/aromatic N) is 3. The van der Waals surface area contributed by atoms with Crippen LogP contribution in [0.1, 0.15) is 28.8 Å². The second-order valence-electron chi connectivity index (χ2n) is 7.68. The van der Waals surface area contributed by atoms with Gasteiger partial charge in [0.15, 0.2) is 0 Å². The first-order valence-electron chi connectivity index (χ1n) is 10.2. The number of aromatic nitrogens is 3. The Bertz CT molecular complexity index is 1390. The van der Waals surface area contributed by atoms with E-state index in [1.807, 2.05) is 19.1 Å². The van der Waals surface area contributed by atoms with Crippen molar-refractivity contribution >= 4 is 55.5 Å². The van der Waals surface area contributed by atoms with E-state index in [0.717, 1.165) is 30.7 Å². The molecule has 0 unspecified atom stereocenters. The molecule has 0 bridgehead atoms. The van der Waals surface area contributed by atoms with Crippen LogP contribution < -0.4 is 16.2 Å². The number of hydrogen-bond acceptors (Lipinski definition) is 7. The van der Waals surface area contributed by atoms with Gasteiger partial charge in [0, 0.05) is 29.4 Å². The van der Waals surface area contributed by atoms with E-state index in [2.05, 4.69) is 20.7 Å². The van der Waals surface area contributed by atoms with E-state index in [1.165, 1.54) is 15.9 Å². The maximum Gasteiger partial charge on any atom is 0.283 e. The largest absolute Gasteiger partial charge is 0.376 e. The number of carbonyl (C=O) groups excluding carboxylic acids is 1. The van der Waals surface area contributed by atoms with Crippen molar-refractivity contribution < 1.29 is 9.53 Å². The Morgan fingerprint density at radius 2 is 2.19 bits per heavy atom. The van der Waals surface area contributed by atoms with Crippen LogP contribution in [0.5, 0.6) is 0 Å². The molecule has 164 valence electrons. The van der Waals surface area contributed by atoms with Crippen molar-refractivity contribution in [1.82, 2.24) is 19.9 Å². The van der Waals surface area contributed by atoms with Gasteiger partial charge in [0.05, 0.1) is 17.0 Å². The topological polar surface area (TPSA) is 97.6 Å². The second-order valence-corrected chi connectivity index (χ2v) is 9.07. The van der Waals surface area contributed by atoms with Crippen LogP contribution in [-0.2, 0) is 4.74 Å². The average molecular weight is 470 g/mol. The molecule has 32 heavy (non-hydrogen) atoms.